The van der Waals surface area contributed by atoms with Crippen LogP contribution >= 0.6 is 0 Å². The number of hydrogen-bond donors (Lipinski definition) is 2. The van der Waals surface area contributed by atoms with Gasteiger partial charge in [0, 0.05) is 38.8 Å². The van der Waals surface area contributed by atoms with Gasteiger partial charge in [0.05, 0.1) is 11.4 Å². The molecule has 0 aromatic heterocycles. The summed E-state index contributed by atoms with van der Waals surface area (Å²) in [5, 5.41) is 5.67. The van der Waals surface area contributed by atoms with E-state index in [2.05, 4.69) is 10.6 Å². The lowest BCUT2D eigenvalue weighted by molar-refractivity contribution is -0.123. The Bertz CT molecular complexity index is 796. The van der Waals surface area contributed by atoms with Crippen molar-refractivity contribution in [2.45, 2.75) is 18.9 Å². The smallest absolute Gasteiger partial charge is 0.254 e. The molecule has 2 aliphatic heterocycles. The highest BCUT2D eigenvalue weighted by Gasteiger charge is 2.29. The predicted octanol–water partition coefficient (Wildman–Crippen LogP) is -0.223. The van der Waals surface area contributed by atoms with Crippen LogP contribution in [0.15, 0.2) is 24.3 Å². The Labute approximate surface area is 153 Å². The van der Waals surface area contributed by atoms with E-state index in [9.17, 15) is 18.0 Å². The van der Waals surface area contributed by atoms with Crippen molar-refractivity contribution in [3.63, 3.8) is 0 Å². The molecule has 3 rings (SSSR count). The number of rotatable bonds is 3. The van der Waals surface area contributed by atoms with E-state index in [1.165, 1.54) is 4.31 Å². The second-order valence-electron chi connectivity index (χ2n) is 6.52. The normalized spacial score (nSPS) is 22.7. The number of nitrogens with zero attached hydrogens (tertiary/aromatic N) is 2. The summed E-state index contributed by atoms with van der Waals surface area (Å²) in [5.41, 5.74) is 0.953. The molecular formula is C17H24N4O4S. The molecule has 2 fully saturated rings. The summed E-state index contributed by atoms with van der Waals surface area (Å²) in [6.07, 6.45) is 1.47. The van der Waals surface area contributed by atoms with Crippen LogP contribution in [0.3, 0.4) is 0 Å². The maximum atomic E-state index is 12.9. The fourth-order valence-corrected chi connectivity index (χ4v) is 4.97. The van der Waals surface area contributed by atoms with Crippen molar-refractivity contribution in [2.24, 2.45) is 0 Å². The minimum Gasteiger partial charge on any atom is -0.358 e. The third-order valence-electron chi connectivity index (χ3n) is 4.76. The lowest BCUT2D eigenvalue weighted by Crippen LogP contribution is -2.57. The zero-order valence-electron chi connectivity index (χ0n) is 14.8. The van der Waals surface area contributed by atoms with Crippen molar-refractivity contribution < 1.29 is 18.0 Å². The molecule has 0 saturated carbocycles. The highest BCUT2D eigenvalue weighted by atomic mass is 32.2. The maximum Gasteiger partial charge on any atom is 0.254 e. The van der Waals surface area contributed by atoms with Crippen LogP contribution in [-0.2, 0) is 14.8 Å². The maximum absolute atomic E-state index is 12.9. The zero-order valence-corrected chi connectivity index (χ0v) is 15.6. The van der Waals surface area contributed by atoms with Gasteiger partial charge in [-0.05, 0) is 31.0 Å². The molecule has 0 aliphatic carbocycles. The second kappa shape index (κ2) is 7.63. The topological polar surface area (TPSA) is 98.8 Å². The number of likely N-dealkylation sites (N-methyl/N-ethyl adjacent to an activating group) is 1. The monoisotopic (exact) mass is 380 g/mol. The zero-order chi connectivity index (χ0) is 18.7. The fourth-order valence-electron chi connectivity index (χ4n) is 3.34. The molecule has 0 spiro atoms. The summed E-state index contributed by atoms with van der Waals surface area (Å²) in [4.78, 5) is 26.3. The number of nitrogens with one attached hydrogen (secondary N) is 2. The van der Waals surface area contributed by atoms with Crippen LogP contribution in [0.1, 0.15) is 23.2 Å². The fraction of sp³-hybridized carbons (Fsp3) is 0.529. The molecule has 1 aromatic carbocycles. The van der Waals surface area contributed by atoms with Crippen LogP contribution in [0.25, 0.3) is 0 Å². The van der Waals surface area contributed by atoms with Gasteiger partial charge in [-0.1, -0.05) is 6.07 Å². The van der Waals surface area contributed by atoms with E-state index in [1.54, 1.807) is 36.2 Å². The third kappa shape index (κ3) is 3.83. The van der Waals surface area contributed by atoms with Crippen molar-refractivity contribution in [1.29, 1.82) is 0 Å². The SMILES string of the molecule is CNC(=O)[C@H]1CN(C(=O)c2cccc(N3CCCCS3(=O)=O)c2)CCN1. The molecule has 0 unspecified atom stereocenters. The summed E-state index contributed by atoms with van der Waals surface area (Å²) < 4.78 is 26.0. The van der Waals surface area contributed by atoms with Crippen LogP contribution in [0.5, 0.6) is 0 Å². The van der Waals surface area contributed by atoms with E-state index in [-0.39, 0.29) is 24.1 Å². The Morgan fingerprint density at radius 2 is 2.04 bits per heavy atom. The number of sulfonamides is 1. The van der Waals surface area contributed by atoms with E-state index < -0.39 is 16.1 Å². The van der Waals surface area contributed by atoms with E-state index in [0.29, 0.717) is 37.3 Å². The van der Waals surface area contributed by atoms with Gasteiger partial charge in [-0.15, -0.1) is 0 Å². The minimum absolute atomic E-state index is 0.136. The molecule has 2 heterocycles. The Balaban J connectivity index is 1.79. The molecule has 26 heavy (non-hydrogen) atoms. The Morgan fingerprint density at radius 1 is 1.23 bits per heavy atom. The van der Waals surface area contributed by atoms with E-state index in [4.69, 9.17) is 0 Å². The lowest BCUT2D eigenvalue weighted by Gasteiger charge is -2.33. The lowest BCUT2D eigenvalue weighted by atomic mass is 10.1. The highest BCUT2D eigenvalue weighted by molar-refractivity contribution is 7.92. The van der Waals surface area contributed by atoms with Crippen molar-refractivity contribution in [3.8, 4) is 0 Å². The van der Waals surface area contributed by atoms with Crippen molar-refractivity contribution in [2.75, 3.05) is 43.3 Å². The predicted molar refractivity (Wildman–Crippen MR) is 98.6 cm³/mol. The number of carbonyl (C=O) groups is 2. The summed E-state index contributed by atoms with van der Waals surface area (Å²) >= 11 is 0. The number of amides is 2. The molecule has 2 aliphatic rings. The summed E-state index contributed by atoms with van der Waals surface area (Å²) in [7, 11) is -1.76. The van der Waals surface area contributed by atoms with Gasteiger partial charge in [0.15, 0.2) is 0 Å². The van der Waals surface area contributed by atoms with Crippen molar-refractivity contribution >= 4 is 27.5 Å². The number of carbonyl (C=O) groups excluding carboxylic acids is 2. The minimum atomic E-state index is -3.32. The molecule has 0 bridgehead atoms. The molecule has 2 saturated heterocycles. The molecule has 9 heteroatoms. The molecule has 142 valence electrons. The molecule has 8 nitrogen and oxygen atoms in total. The first-order chi connectivity index (χ1) is 12.4. The Morgan fingerprint density at radius 3 is 2.77 bits per heavy atom. The molecular weight excluding hydrogens is 356 g/mol. The molecule has 0 radical (unpaired) electrons. The first kappa shape index (κ1) is 18.7. The van der Waals surface area contributed by atoms with Gasteiger partial charge < -0.3 is 15.5 Å². The van der Waals surface area contributed by atoms with E-state index in [0.717, 1.165) is 6.42 Å². The van der Waals surface area contributed by atoms with Crippen LogP contribution in [-0.4, -0.2) is 70.2 Å². The molecule has 2 amide bonds. The van der Waals surface area contributed by atoms with Gasteiger partial charge in [0.1, 0.15) is 6.04 Å². The number of hydrogen-bond acceptors (Lipinski definition) is 5. The van der Waals surface area contributed by atoms with Crippen LogP contribution < -0.4 is 14.9 Å². The van der Waals surface area contributed by atoms with Gasteiger partial charge in [-0.3, -0.25) is 13.9 Å². The number of benzene rings is 1. The Hall–Kier alpha value is -2.13. The number of anilines is 1. The number of piperazine rings is 1. The van der Waals surface area contributed by atoms with Gasteiger partial charge in [0.25, 0.3) is 5.91 Å². The van der Waals surface area contributed by atoms with Crippen LogP contribution in [0, 0.1) is 0 Å². The standard InChI is InChI=1S/C17H24N4O4S/c1-18-16(22)15-12-20(9-7-19-15)17(23)13-5-4-6-14(11-13)21-8-2-3-10-26(21,24)25/h4-6,11,15,19H,2-3,7-10,12H2,1H3,(H,18,22)/t15-/m1/s1. The molecule has 2 N–H and O–H groups in total. The summed E-state index contributed by atoms with van der Waals surface area (Å²) in [6.45, 7) is 1.75. The second-order valence-corrected chi connectivity index (χ2v) is 8.53. The molecule has 1 atom stereocenters. The first-order valence-corrected chi connectivity index (χ1v) is 10.4. The van der Waals surface area contributed by atoms with Gasteiger partial charge in [-0.25, -0.2) is 8.42 Å². The quantitative estimate of drug-likeness (QED) is 0.755. The summed E-state index contributed by atoms with van der Waals surface area (Å²) in [6, 6.07) is 6.28. The van der Waals surface area contributed by atoms with Gasteiger partial charge in [0.2, 0.25) is 15.9 Å². The van der Waals surface area contributed by atoms with Gasteiger partial charge >= 0.3 is 0 Å². The van der Waals surface area contributed by atoms with E-state index >= 15 is 0 Å². The first-order valence-electron chi connectivity index (χ1n) is 8.77. The van der Waals surface area contributed by atoms with Gasteiger partial charge in [-0.2, -0.15) is 0 Å². The largest absolute Gasteiger partial charge is 0.358 e. The average Bonchev–Trinajstić information content (AvgIpc) is 2.66. The highest BCUT2D eigenvalue weighted by Crippen LogP contribution is 2.25. The third-order valence-corrected chi connectivity index (χ3v) is 6.63. The van der Waals surface area contributed by atoms with Crippen LogP contribution in [0.4, 0.5) is 5.69 Å². The van der Waals surface area contributed by atoms with E-state index in [1.807, 2.05) is 0 Å². The Kier molecular flexibility index (Phi) is 5.47. The van der Waals surface area contributed by atoms with Crippen LogP contribution in [0.2, 0.25) is 0 Å². The molecule has 1 aromatic rings. The average molecular weight is 380 g/mol. The van der Waals surface area contributed by atoms with Crippen molar-refractivity contribution in [1.82, 2.24) is 15.5 Å². The van der Waals surface area contributed by atoms with Crippen molar-refractivity contribution in [3.05, 3.63) is 29.8 Å². The summed E-state index contributed by atoms with van der Waals surface area (Å²) in [5.74, 6) is -0.219.